The molecule has 6 N–H and O–H groups in total. The van der Waals surface area contributed by atoms with Crippen LogP contribution in [0.1, 0.15) is 51.9 Å². The second-order valence-corrected chi connectivity index (χ2v) is 13.8. The highest BCUT2D eigenvalue weighted by Crippen LogP contribution is 2.23. The molecule has 0 fully saturated rings. The lowest BCUT2D eigenvalue weighted by Gasteiger charge is -2.21. The van der Waals surface area contributed by atoms with Crippen molar-refractivity contribution in [3.05, 3.63) is 107 Å². The van der Waals surface area contributed by atoms with Gasteiger partial charge in [-0.15, -0.1) is 0 Å². The zero-order valence-corrected chi connectivity index (χ0v) is 30.7. The van der Waals surface area contributed by atoms with Gasteiger partial charge >= 0.3 is 29.6 Å². The number of furan rings is 1. The quantitative estimate of drug-likeness (QED) is 0.0731. The molecule has 0 bridgehead atoms. The van der Waals surface area contributed by atoms with Crippen molar-refractivity contribution in [2.75, 3.05) is 0 Å². The summed E-state index contributed by atoms with van der Waals surface area (Å²) in [6, 6.07) is 14.9. The minimum atomic E-state index is -1.24. The van der Waals surface area contributed by atoms with E-state index in [1.807, 2.05) is 58.0 Å². The molecule has 0 aliphatic heterocycles. The van der Waals surface area contributed by atoms with Gasteiger partial charge in [-0.2, -0.15) is 0 Å². The summed E-state index contributed by atoms with van der Waals surface area (Å²) >= 11 is 0. The average Bonchev–Trinajstić information content (AvgIpc) is 3.72. The highest BCUT2D eigenvalue weighted by atomic mass is 19.1. The Morgan fingerprint density at radius 1 is 0.704 bits per heavy atom. The van der Waals surface area contributed by atoms with E-state index in [1.54, 1.807) is 24.3 Å². The monoisotopic (exact) mass is 752 g/mol. The van der Waals surface area contributed by atoms with Gasteiger partial charge in [0.2, 0.25) is 0 Å². The summed E-state index contributed by atoms with van der Waals surface area (Å²) in [6.45, 7) is 7.58. The van der Waals surface area contributed by atoms with Crippen molar-refractivity contribution in [3.8, 4) is 11.3 Å². The molecule has 0 aliphatic rings. The minimum absolute atomic E-state index is 0.0599. The summed E-state index contributed by atoms with van der Waals surface area (Å²) in [7, 11) is 0. The van der Waals surface area contributed by atoms with Gasteiger partial charge in [-0.1, -0.05) is 70.2 Å². The second-order valence-electron chi connectivity index (χ2n) is 13.8. The highest BCUT2D eigenvalue weighted by Gasteiger charge is 2.29. The Labute approximate surface area is 312 Å². The molecular formula is C39H49FN4O10. The molecule has 2 aromatic carbocycles. The minimum Gasteiger partial charge on any atom is -0.480 e. The fourth-order valence-electron chi connectivity index (χ4n) is 5.68. The summed E-state index contributed by atoms with van der Waals surface area (Å²) in [5.74, 6) is -3.54. The molecule has 4 unspecified atom stereocenters. The third kappa shape index (κ3) is 13.8. The van der Waals surface area contributed by atoms with Crippen LogP contribution in [-0.4, -0.2) is 77.6 Å². The van der Waals surface area contributed by atoms with Gasteiger partial charge in [0, 0.05) is 30.9 Å². The molecule has 4 rings (SSSR count). The maximum Gasteiger partial charge on any atom is 0.328 e. The third-order valence-electron chi connectivity index (χ3n) is 8.36. The van der Waals surface area contributed by atoms with Crippen molar-refractivity contribution in [2.24, 2.45) is 11.8 Å². The second kappa shape index (κ2) is 20.6. The number of aryl methyl sites for hydroxylation is 2. The fraction of sp³-hybridized carbons (Fsp3) is 0.410. The number of nitrogens with zero attached hydrogens (tertiary/aromatic N) is 2. The first-order chi connectivity index (χ1) is 25.5. The van der Waals surface area contributed by atoms with Crippen LogP contribution < -0.4 is 16.3 Å². The smallest absolute Gasteiger partial charge is 0.328 e. The molecule has 2 aromatic heterocycles. The summed E-state index contributed by atoms with van der Waals surface area (Å²) in [5, 5.41) is 42.8. The first-order valence-electron chi connectivity index (χ1n) is 17.6. The van der Waals surface area contributed by atoms with E-state index in [-0.39, 0.29) is 37.0 Å². The molecule has 2 heterocycles. The zero-order chi connectivity index (χ0) is 39.9. The molecule has 0 amide bonds. The number of aromatic nitrogens is 2. The Hall–Kier alpha value is -5.54. The standard InChI is InChI=1S/C20H26FN3O5.C19H23NO5/c1-13(2)10-16(18(25)26)22-17(19(27)28)12-24-9-8-23(20(24)29)7-6-14-4-3-5-15(21)11-14;1-12(2)10-15(18(21)22)20-16(19(23)24)11-14-8-9-17(25-14)13-6-4-3-5-7-13/h3-5,8-9,11,13,16-17,22H,6-7,10,12H2,1-2H3,(H,25,26)(H,27,28);3-9,12,15-16,20H,10-11H2,1-2H3,(H,21,22)(H,23,24). The number of halogens is 1. The highest BCUT2D eigenvalue weighted by molar-refractivity contribution is 5.78. The van der Waals surface area contributed by atoms with Gasteiger partial charge < -0.3 is 24.8 Å². The van der Waals surface area contributed by atoms with Crippen LogP contribution in [0.25, 0.3) is 11.3 Å². The third-order valence-corrected chi connectivity index (χ3v) is 8.36. The summed E-state index contributed by atoms with van der Waals surface area (Å²) in [4.78, 5) is 58.4. The normalized spacial score (nSPS) is 13.5. The molecule has 0 spiro atoms. The maximum atomic E-state index is 13.3. The number of benzene rings is 2. The van der Waals surface area contributed by atoms with Gasteiger partial charge in [0.1, 0.15) is 41.5 Å². The van der Waals surface area contributed by atoms with Gasteiger partial charge in [0.25, 0.3) is 0 Å². The van der Waals surface area contributed by atoms with Crippen LogP contribution in [0, 0.1) is 17.7 Å². The first-order valence-corrected chi connectivity index (χ1v) is 17.6. The Morgan fingerprint density at radius 3 is 1.80 bits per heavy atom. The predicted octanol–water partition coefficient (Wildman–Crippen LogP) is 4.60. The number of carboxylic acids is 4. The van der Waals surface area contributed by atoms with E-state index in [4.69, 9.17) is 4.42 Å². The number of carbonyl (C=O) groups is 4. The molecule has 292 valence electrons. The fourth-order valence-corrected chi connectivity index (χ4v) is 5.68. The van der Waals surface area contributed by atoms with Crippen LogP contribution in [0.5, 0.6) is 0 Å². The summed E-state index contributed by atoms with van der Waals surface area (Å²) in [6.07, 6.45) is 4.13. The molecule has 14 nitrogen and oxygen atoms in total. The van der Waals surface area contributed by atoms with Gasteiger partial charge in [-0.05, 0) is 60.9 Å². The molecule has 4 atom stereocenters. The number of hydrogen-bond donors (Lipinski definition) is 6. The van der Waals surface area contributed by atoms with E-state index in [0.29, 0.717) is 30.9 Å². The largest absolute Gasteiger partial charge is 0.480 e. The number of carboxylic acid groups (broad SMARTS) is 4. The van der Waals surface area contributed by atoms with Crippen molar-refractivity contribution in [3.63, 3.8) is 0 Å². The molecule has 0 saturated heterocycles. The maximum absolute atomic E-state index is 13.3. The van der Waals surface area contributed by atoms with Crippen LogP contribution in [0.4, 0.5) is 4.39 Å². The Morgan fingerprint density at radius 2 is 1.26 bits per heavy atom. The lowest BCUT2D eigenvalue weighted by atomic mass is 10.0. The van der Waals surface area contributed by atoms with Crippen LogP contribution in [-0.2, 0) is 45.1 Å². The lowest BCUT2D eigenvalue weighted by Crippen LogP contribution is -2.50. The summed E-state index contributed by atoms with van der Waals surface area (Å²) in [5.41, 5.74) is 1.23. The Kier molecular flexibility index (Phi) is 16.4. The number of aliphatic carboxylic acids is 4. The number of hydrogen-bond acceptors (Lipinski definition) is 8. The molecule has 54 heavy (non-hydrogen) atoms. The average molecular weight is 753 g/mol. The van der Waals surface area contributed by atoms with E-state index >= 15 is 0 Å². The molecule has 0 aliphatic carbocycles. The number of rotatable bonds is 20. The van der Waals surface area contributed by atoms with Crippen molar-refractivity contribution < 1.29 is 48.4 Å². The van der Waals surface area contributed by atoms with E-state index in [9.17, 15) is 48.8 Å². The molecule has 0 radical (unpaired) electrons. The van der Waals surface area contributed by atoms with Crippen molar-refractivity contribution >= 4 is 23.9 Å². The molecule has 4 aromatic rings. The van der Waals surface area contributed by atoms with Crippen LogP contribution >= 0.6 is 0 Å². The SMILES string of the molecule is CC(C)CC(NC(Cc1ccc(-c2ccccc2)o1)C(=O)O)C(=O)O.CC(C)CC(NC(Cn1ccn(CCc2cccc(F)c2)c1=O)C(=O)O)C(=O)O. The van der Waals surface area contributed by atoms with E-state index in [1.165, 1.54) is 33.7 Å². The van der Waals surface area contributed by atoms with Crippen LogP contribution in [0.3, 0.4) is 0 Å². The van der Waals surface area contributed by atoms with Crippen LogP contribution in [0.15, 0.2) is 88.3 Å². The first kappa shape index (κ1) is 42.9. The van der Waals surface area contributed by atoms with E-state index in [2.05, 4.69) is 10.6 Å². The number of nitrogens with one attached hydrogen (secondary N) is 2. The van der Waals surface area contributed by atoms with E-state index in [0.717, 1.165) is 11.1 Å². The Balaban J connectivity index is 0.000000294. The molecule has 15 heteroatoms. The van der Waals surface area contributed by atoms with Crippen molar-refractivity contribution in [1.29, 1.82) is 0 Å². The predicted molar refractivity (Wildman–Crippen MR) is 198 cm³/mol. The van der Waals surface area contributed by atoms with Gasteiger partial charge in [-0.25, -0.2) is 9.18 Å². The topological polar surface area (TPSA) is 213 Å². The zero-order valence-electron chi connectivity index (χ0n) is 30.7. The molecular weight excluding hydrogens is 703 g/mol. The Bertz CT molecular complexity index is 1880. The van der Waals surface area contributed by atoms with Gasteiger partial charge in [0.05, 0.1) is 6.54 Å². The van der Waals surface area contributed by atoms with Gasteiger partial charge in [-0.3, -0.25) is 38.9 Å². The van der Waals surface area contributed by atoms with Crippen LogP contribution in [0.2, 0.25) is 0 Å². The lowest BCUT2D eigenvalue weighted by molar-refractivity contribution is -0.145. The van der Waals surface area contributed by atoms with Crippen molar-refractivity contribution in [2.45, 2.75) is 90.6 Å². The van der Waals surface area contributed by atoms with E-state index < -0.39 is 53.7 Å². The van der Waals surface area contributed by atoms with Gasteiger partial charge in [0.15, 0.2) is 0 Å². The molecule has 0 saturated carbocycles. The number of imidazole rings is 1. The summed E-state index contributed by atoms with van der Waals surface area (Å²) < 4.78 is 21.6. The van der Waals surface area contributed by atoms with Crippen molar-refractivity contribution in [1.82, 2.24) is 19.8 Å².